The van der Waals surface area contributed by atoms with Crippen molar-refractivity contribution < 1.29 is 29.3 Å². The molecule has 1 saturated heterocycles. The SMILES string of the molecule is COc1ccc(C=C2SC(=S)N(C(CC(=O)O)C(=O)O)C2=O)cc1. The minimum atomic E-state index is -1.53. The molecule has 7 nitrogen and oxygen atoms in total. The molecule has 0 saturated carbocycles. The number of carboxylic acids is 2. The van der Waals surface area contributed by atoms with Gasteiger partial charge in [-0.15, -0.1) is 0 Å². The first-order valence-corrected chi connectivity index (χ1v) is 7.91. The van der Waals surface area contributed by atoms with Crippen molar-refractivity contribution >= 4 is 52.2 Å². The molecule has 1 fully saturated rings. The van der Waals surface area contributed by atoms with Crippen LogP contribution in [0, 0.1) is 0 Å². The Hall–Kier alpha value is -2.39. The molecule has 1 atom stereocenters. The number of carbonyl (C=O) groups excluding carboxylic acids is 1. The number of aliphatic carboxylic acids is 2. The Balaban J connectivity index is 2.27. The van der Waals surface area contributed by atoms with E-state index < -0.39 is 30.3 Å². The van der Waals surface area contributed by atoms with Crippen molar-refractivity contribution in [1.29, 1.82) is 0 Å². The number of rotatable bonds is 6. The van der Waals surface area contributed by atoms with Gasteiger partial charge in [0.25, 0.3) is 5.91 Å². The van der Waals surface area contributed by atoms with Gasteiger partial charge in [-0.2, -0.15) is 0 Å². The summed E-state index contributed by atoms with van der Waals surface area (Å²) < 4.78 is 5.07. The maximum Gasteiger partial charge on any atom is 0.327 e. The summed E-state index contributed by atoms with van der Waals surface area (Å²) in [5, 5.41) is 18.0. The second-order valence-electron chi connectivity index (χ2n) is 4.78. The van der Waals surface area contributed by atoms with E-state index in [4.69, 9.17) is 22.1 Å². The molecule has 0 radical (unpaired) electrons. The highest BCUT2D eigenvalue weighted by Gasteiger charge is 2.41. The summed E-state index contributed by atoms with van der Waals surface area (Å²) in [6.07, 6.45) is 0.843. The van der Waals surface area contributed by atoms with Crippen LogP contribution in [0.5, 0.6) is 5.75 Å². The minimum absolute atomic E-state index is 0.0217. The Labute approximate surface area is 146 Å². The number of methoxy groups -OCH3 is 1. The predicted molar refractivity (Wildman–Crippen MR) is 91.7 cm³/mol. The molecule has 0 bridgehead atoms. The smallest absolute Gasteiger partial charge is 0.327 e. The molecule has 1 aliphatic heterocycles. The molecule has 1 heterocycles. The van der Waals surface area contributed by atoms with E-state index in [0.29, 0.717) is 11.3 Å². The third-order valence-electron chi connectivity index (χ3n) is 3.20. The lowest BCUT2D eigenvalue weighted by Crippen LogP contribution is -2.45. The zero-order valence-corrected chi connectivity index (χ0v) is 14.1. The van der Waals surface area contributed by atoms with E-state index in [0.717, 1.165) is 16.7 Å². The number of ether oxygens (including phenoxy) is 1. The van der Waals surface area contributed by atoms with Crippen LogP contribution in [-0.2, 0) is 14.4 Å². The first-order chi connectivity index (χ1) is 11.3. The molecule has 126 valence electrons. The summed E-state index contributed by atoms with van der Waals surface area (Å²) in [5.74, 6) is -2.70. The van der Waals surface area contributed by atoms with Crippen LogP contribution in [0.2, 0.25) is 0 Å². The van der Waals surface area contributed by atoms with E-state index >= 15 is 0 Å². The minimum Gasteiger partial charge on any atom is -0.497 e. The van der Waals surface area contributed by atoms with Crippen LogP contribution in [0.1, 0.15) is 12.0 Å². The van der Waals surface area contributed by atoms with E-state index in [1.54, 1.807) is 30.3 Å². The first-order valence-electron chi connectivity index (χ1n) is 6.69. The highest BCUT2D eigenvalue weighted by molar-refractivity contribution is 8.26. The molecule has 2 N–H and O–H groups in total. The largest absolute Gasteiger partial charge is 0.497 e. The maximum absolute atomic E-state index is 12.4. The number of carboxylic acid groups (broad SMARTS) is 2. The van der Waals surface area contributed by atoms with E-state index in [2.05, 4.69) is 0 Å². The van der Waals surface area contributed by atoms with E-state index in [1.807, 2.05) is 0 Å². The number of hydrogen-bond acceptors (Lipinski definition) is 6. The van der Waals surface area contributed by atoms with Gasteiger partial charge in [-0.05, 0) is 23.8 Å². The third kappa shape index (κ3) is 3.92. The molecular formula is C15H13NO6S2. The fourth-order valence-corrected chi connectivity index (χ4v) is 3.41. The monoisotopic (exact) mass is 367 g/mol. The molecule has 1 amide bonds. The van der Waals surface area contributed by atoms with Crippen LogP contribution in [-0.4, -0.2) is 50.4 Å². The Bertz CT molecular complexity index is 728. The number of carbonyl (C=O) groups is 3. The molecule has 1 aliphatic rings. The second kappa shape index (κ2) is 7.45. The average Bonchev–Trinajstić information content (AvgIpc) is 2.79. The van der Waals surface area contributed by atoms with Gasteiger partial charge in [0.05, 0.1) is 18.4 Å². The maximum atomic E-state index is 12.4. The Morgan fingerprint density at radius 2 is 1.96 bits per heavy atom. The van der Waals surface area contributed by atoms with E-state index in [-0.39, 0.29) is 9.23 Å². The number of nitrogens with zero attached hydrogens (tertiary/aromatic N) is 1. The standard InChI is InChI=1S/C15H13NO6S2/c1-22-9-4-2-8(3-5-9)6-11-13(19)16(15(23)24-11)10(14(20)21)7-12(17)18/h2-6,10H,7H2,1H3,(H,17,18)(H,20,21). The van der Waals surface area contributed by atoms with Gasteiger partial charge < -0.3 is 14.9 Å². The first kappa shape index (κ1) is 18.0. The summed E-state index contributed by atoms with van der Waals surface area (Å²) in [4.78, 5) is 35.6. The number of amides is 1. The summed E-state index contributed by atoms with van der Waals surface area (Å²) in [6.45, 7) is 0. The Kier molecular flexibility index (Phi) is 5.58. The molecule has 2 rings (SSSR count). The summed E-state index contributed by atoms with van der Waals surface area (Å²) in [7, 11) is 1.54. The number of thioether (sulfide) groups is 1. The number of hydrogen-bond donors (Lipinski definition) is 2. The average molecular weight is 367 g/mol. The van der Waals surface area contributed by atoms with E-state index in [1.165, 1.54) is 7.11 Å². The third-order valence-corrected chi connectivity index (χ3v) is 4.53. The summed E-state index contributed by atoms with van der Waals surface area (Å²) >= 11 is 5.99. The van der Waals surface area contributed by atoms with Crippen molar-refractivity contribution in [3.63, 3.8) is 0 Å². The van der Waals surface area contributed by atoms with Gasteiger partial charge in [0.1, 0.15) is 16.1 Å². The van der Waals surface area contributed by atoms with Gasteiger partial charge in [-0.3, -0.25) is 14.5 Å². The fourth-order valence-electron chi connectivity index (χ4n) is 2.05. The summed E-state index contributed by atoms with van der Waals surface area (Å²) in [6, 6.07) is 5.37. The highest BCUT2D eigenvalue weighted by atomic mass is 32.2. The Morgan fingerprint density at radius 3 is 2.46 bits per heavy atom. The highest BCUT2D eigenvalue weighted by Crippen LogP contribution is 2.34. The van der Waals surface area contributed by atoms with Gasteiger partial charge in [-0.25, -0.2) is 4.79 Å². The molecular weight excluding hydrogens is 354 g/mol. The van der Waals surface area contributed by atoms with Gasteiger partial charge in [0.2, 0.25) is 0 Å². The lowest BCUT2D eigenvalue weighted by molar-refractivity contribution is -0.150. The van der Waals surface area contributed by atoms with Crippen molar-refractivity contribution in [2.24, 2.45) is 0 Å². The normalized spacial score (nSPS) is 17.2. The molecule has 1 aromatic carbocycles. The summed E-state index contributed by atoms with van der Waals surface area (Å²) in [5.41, 5.74) is 0.710. The molecule has 9 heteroatoms. The van der Waals surface area contributed by atoms with Crippen LogP contribution >= 0.6 is 24.0 Å². The lowest BCUT2D eigenvalue weighted by atomic mass is 10.1. The lowest BCUT2D eigenvalue weighted by Gasteiger charge is -2.21. The van der Waals surface area contributed by atoms with Crippen molar-refractivity contribution in [3.8, 4) is 5.75 Å². The molecule has 24 heavy (non-hydrogen) atoms. The van der Waals surface area contributed by atoms with Crippen LogP contribution in [0.15, 0.2) is 29.2 Å². The van der Waals surface area contributed by atoms with Crippen molar-refractivity contribution in [1.82, 2.24) is 4.90 Å². The van der Waals surface area contributed by atoms with Gasteiger partial charge in [0.15, 0.2) is 0 Å². The molecule has 0 aromatic heterocycles. The van der Waals surface area contributed by atoms with Crippen molar-refractivity contribution in [2.75, 3.05) is 7.11 Å². The van der Waals surface area contributed by atoms with Crippen LogP contribution in [0.4, 0.5) is 0 Å². The number of benzene rings is 1. The zero-order valence-electron chi connectivity index (χ0n) is 12.5. The van der Waals surface area contributed by atoms with E-state index in [9.17, 15) is 19.5 Å². The van der Waals surface area contributed by atoms with Crippen LogP contribution in [0.25, 0.3) is 6.08 Å². The van der Waals surface area contributed by atoms with Crippen LogP contribution < -0.4 is 4.74 Å². The topological polar surface area (TPSA) is 104 Å². The van der Waals surface area contributed by atoms with Gasteiger partial charge >= 0.3 is 11.9 Å². The second-order valence-corrected chi connectivity index (χ2v) is 6.45. The Morgan fingerprint density at radius 1 is 1.33 bits per heavy atom. The quantitative estimate of drug-likeness (QED) is 0.580. The van der Waals surface area contributed by atoms with Gasteiger partial charge in [0, 0.05) is 0 Å². The van der Waals surface area contributed by atoms with Gasteiger partial charge in [-0.1, -0.05) is 36.1 Å². The molecule has 1 aromatic rings. The van der Waals surface area contributed by atoms with Crippen molar-refractivity contribution in [2.45, 2.75) is 12.5 Å². The molecule has 1 unspecified atom stereocenters. The van der Waals surface area contributed by atoms with Crippen LogP contribution in [0.3, 0.4) is 0 Å². The fraction of sp³-hybridized carbons (Fsp3) is 0.200. The molecule has 0 aliphatic carbocycles. The molecule has 0 spiro atoms. The zero-order chi connectivity index (χ0) is 17.9. The predicted octanol–water partition coefficient (Wildman–Crippen LogP) is 1.82. The number of thiocarbonyl (C=S) groups is 1. The van der Waals surface area contributed by atoms with Crippen molar-refractivity contribution in [3.05, 3.63) is 34.7 Å².